The molecule has 2 unspecified atom stereocenters. The lowest BCUT2D eigenvalue weighted by atomic mass is 9.84. The molecule has 59 heavy (non-hydrogen) atoms. The van der Waals surface area contributed by atoms with Crippen LogP contribution in [0, 0.1) is 11.8 Å². The molecule has 2 aliphatic rings. The van der Waals surface area contributed by atoms with Crippen molar-refractivity contribution in [3.63, 3.8) is 0 Å². The molecule has 0 radical (unpaired) electrons. The van der Waals surface area contributed by atoms with Gasteiger partial charge in [0.25, 0.3) is 0 Å². The lowest BCUT2D eigenvalue weighted by Crippen LogP contribution is -2.37. The third-order valence-corrected chi connectivity index (χ3v) is 11.1. The van der Waals surface area contributed by atoms with Crippen LogP contribution in [0.1, 0.15) is 90.7 Å². The lowest BCUT2D eigenvalue weighted by molar-refractivity contribution is -0.128. The van der Waals surface area contributed by atoms with Crippen molar-refractivity contribution >= 4 is 35.0 Å². The Balaban J connectivity index is 0.000000179. The summed E-state index contributed by atoms with van der Waals surface area (Å²) in [5.41, 5.74) is 4.95. The van der Waals surface area contributed by atoms with Crippen LogP contribution in [0.3, 0.4) is 0 Å². The van der Waals surface area contributed by atoms with E-state index >= 15 is 0 Å². The topological polar surface area (TPSA) is 128 Å². The summed E-state index contributed by atoms with van der Waals surface area (Å²) in [7, 11) is 0. The van der Waals surface area contributed by atoms with Crippen LogP contribution >= 0.6 is 23.2 Å². The molecule has 2 amide bonds. The third-order valence-electron chi connectivity index (χ3n) is 10.6. The second-order valence-electron chi connectivity index (χ2n) is 14.7. The summed E-state index contributed by atoms with van der Waals surface area (Å²) < 4.78 is 11.9. The van der Waals surface area contributed by atoms with Gasteiger partial charge in [-0.05, 0) is 72.2 Å². The van der Waals surface area contributed by atoms with Crippen molar-refractivity contribution in [2.24, 2.45) is 11.8 Å². The zero-order valence-corrected chi connectivity index (χ0v) is 34.1. The molecule has 0 saturated heterocycles. The van der Waals surface area contributed by atoms with Gasteiger partial charge < -0.3 is 20.1 Å². The minimum absolute atomic E-state index is 0.0265. The Morgan fingerprint density at radius 3 is 1.34 bits per heavy atom. The molecule has 2 fully saturated rings. The van der Waals surface area contributed by atoms with E-state index in [1.807, 2.05) is 109 Å². The number of rotatable bonds is 14. The van der Waals surface area contributed by atoms with Gasteiger partial charge in [0.15, 0.2) is 10.3 Å². The highest BCUT2D eigenvalue weighted by Gasteiger charge is 2.30. The van der Waals surface area contributed by atoms with Gasteiger partial charge in [-0.25, -0.2) is 9.97 Å². The monoisotopic (exact) mass is 828 g/mol. The zero-order valence-electron chi connectivity index (χ0n) is 32.6. The van der Waals surface area contributed by atoms with Crippen molar-refractivity contribution in [2.75, 3.05) is 0 Å². The molecular formula is C47H46Cl2N6O4. The molecule has 8 rings (SSSR count). The number of hydrogen-bond acceptors (Lipinski definition) is 8. The number of aromatic nitrogens is 4. The third kappa shape index (κ3) is 11.4. The van der Waals surface area contributed by atoms with E-state index in [1.165, 1.54) is 6.20 Å². The number of benzene rings is 4. The molecule has 2 heterocycles. The highest BCUT2D eigenvalue weighted by atomic mass is 35.5. The number of halogens is 2. The maximum atomic E-state index is 12.9. The number of nitrogens with one attached hydrogen (secondary N) is 2. The summed E-state index contributed by atoms with van der Waals surface area (Å²) in [5, 5.41) is 6.83. The van der Waals surface area contributed by atoms with E-state index in [0.29, 0.717) is 30.4 Å². The van der Waals surface area contributed by atoms with Crippen molar-refractivity contribution < 1.29 is 19.1 Å². The molecular weight excluding hydrogens is 783 g/mol. The van der Waals surface area contributed by atoms with E-state index in [9.17, 15) is 9.59 Å². The van der Waals surface area contributed by atoms with Gasteiger partial charge in [-0.2, -0.15) is 0 Å². The summed E-state index contributed by atoms with van der Waals surface area (Å²) in [6.07, 6.45) is 13.2. The predicted octanol–water partition coefficient (Wildman–Crippen LogP) is 9.82. The van der Waals surface area contributed by atoms with Crippen molar-refractivity contribution in [1.82, 2.24) is 30.6 Å². The Hall–Kier alpha value is -5.84. The molecule has 2 aliphatic carbocycles. The second-order valence-corrected chi connectivity index (χ2v) is 15.4. The Labute approximate surface area is 354 Å². The minimum atomic E-state index is -0.487. The Kier molecular flexibility index (Phi) is 14.5. The minimum Gasteiger partial charge on any atom is -0.489 e. The van der Waals surface area contributed by atoms with Crippen molar-refractivity contribution in [3.05, 3.63) is 178 Å². The Morgan fingerprint density at radius 1 is 0.542 bits per heavy atom. The molecule has 0 bridgehead atoms. The first kappa shape index (κ1) is 41.3. The van der Waals surface area contributed by atoms with Gasteiger partial charge in [0.05, 0.1) is 12.1 Å². The van der Waals surface area contributed by atoms with E-state index in [2.05, 4.69) is 30.6 Å². The van der Waals surface area contributed by atoms with Crippen molar-refractivity contribution in [1.29, 1.82) is 0 Å². The number of carbonyl (C=O) groups is 2. The number of carbonyl (C=O) groups excluding carboxylic acids is 2. The van der Waals surface area contributed by atoms with Gasteiger partial charge >= 0.3 is 0 Å². The second kappa shape index (κ2) is 20.7. The van der Waals surface area contributed by atoms with Gasteiger partial charge in [-0.15, -0.1) is 0 Å². The van der Waals surface area contributed by atoms with Gasteiger partial charge in [0.1, 0.15) is 36.1 Å². The molecule has 2 N–H and O–H groups in total. The highest BCUT2D eigenvalue weighted by Crippen LogP contribution is 2.33. The first-order valence-electron chi connectivity index (χ1n) is 20.0. The summed E-state index contributed by atoms with van der Waals surface area (Å²) in [4.78, 5) is 42.6. The molecule has 0 spiro atoms. The van der Waals surface area contributed by atoms with Gasteiger partial charge in [0, 0.05) is 36.6 Å². The van der Waals surface area contributed by atoms with Crippen molar-refractivity contribution in [2.45, 2.75) is 70.2 Å². The average molecular weight is 830 g/mol. The fraction of sp³-hybridized carbons (Fsp3) is 0.277. The SMILES string of the molecule is O=C(NC(c1cccc(OCc2ccccc2)c1)c1nccnc1Cl)C1CCC1.O=C(NC(c1cccc(OCc2ccccc2)c1)c1nccnc1Cl)C1CCCC1. The fourth-order valence-corrected chi connectivity index (χ4v) is 7.53. The first-order chi connectivity index (χ1) is 28.9. The fourth-order valence-electron chi connectivity index (χ4n) is 7.10. The van der Waals surface area contributed by atoms with Crippen LogP contribution < -0.4 is 20.1 Å². The summed E-state index contributed by atoms with van der Waals surface area (Å²) in [6.45, 7) is 0.935. The maximum absolute atomic E-state index is 12.9. The van der Waals surface area contributed by atoms with Crippen LogP contribution in [0.15, 0.2) is 134 Å². The number of ether oxygens (including phenoxy) is 2. The van der Waals surface area contributed by atoms with E-state index < -0.39 is 12.1 Å². The van der Waals surface area contributed by atoms with Crippen LogP contribution in [0.25, 0.3) is 0 Å². The van der Waals surface area contributed by atoms with E-state index in [0.717, 1.165) is 72.9 Å². The molecule has 12 heteroatoms. The molecule has 302 valence electrons. The highest BCUT2D eigenvalue weighted by molar-refractivity contribution is 6.30. The predicted molar refractivity (Wildman–Crippen MR) is 228 cm³/mol. The zero-order chi connectivity index (χ0) is 40.8. The molecule has 10 nitrogen and oxygen atoms in total. The molecule has 6 aromatic rings. The quantitative estimate of drug-likeness (QED) is 0.111. The molecule has 2 saturated carbocycles. The lowest BCUT2D eigenvalue weighted by Gasteiger charge is -2.27. The summed E-state index contributed by atoms with van der Waals surface area (Å²) >= 11 is 12.6. The standard InChI is InChI=1S/C24H24ClN3O2.C23H22ClN3O2/c25-23-22(26-13-14-27-23)21(28-24(29)18-9-4-5-10-18)19-11-6-12-20(15-19)30-16-17-7-2-1-3-8-17;24-22-21(25-12-13-26-22)20(27-23(28)17-8-4-9-17)18-10-5-11-19(14-18)29-15-16-6-2-1-3-7-16/h1-3,6-8,11-15,18,21H,4-5,9-10,16H2,(H,28,29);1-3,5-7,10-14,17,20H,4,8-9,15H2,(H,27,28). The summed E-state index contributed by atoms with van der Waals surface area (Å²) in [6, 6.07) is 34.3. The largest absolute Gasteiger partial charge is 0.489 e. The smallest absolute Gasteiger partial charge is 0.223 e. The number of hydrogen-bond donors (Lipinski definition) is 2. The maximum Gasteiger partial charge on any atom is 0.223 e. The molecule has 2 atom stereocenters. The average Bonchev–Trinajstić information content (AvgIpc) is 3.80. The van der Waals surface area contributed by atoms with Crippen molar-refractivity contribution in [3.8, 4) is 11.5 Å². The first-order valence-corrected chi connectivity index (χ1v) is 20.7. The van der Waals surface area contributed by atoms with Crippen LogP contribution in [0.5, 0.6) is 11.5 Å². The summed E-state index contributed by atoms with van der Waals surface area (Å²) in [5.74, 6) is 1.60. The Bertz CT molecular complexity index is 2290. The molecule has 4 aromatic carbocycles. The Morgan fingerprint density at radius 2 is 0.949 bits per heavy atom. The normalized spacial score (nSPS) is 14.8. The molecule has 0 aliphatic heterocycles. The van der Waals surface area contributed by atoms with E-state index in [1.54, 1.807) is 18.6 Å². The molecule has 2 aromatic heterocycles. The number of amides is 2. The van der Waals surface area contributed by atoms with Crippen LogP contribution in [-0.2, 0) is 22.8 Å². The van der Waals surface area contributed by atoms with Crippen LogP contribution in [0.2, 0.25) is 10.3 Å². The van der Waals surface area contributed by atoms with Gasteiger partial charge in [-0.1, -0.05) is 127 Å². The van der Waals surface area contributed by atoms with Crippen LogP contribution in [-0.4, -0.2) is 31.8 Å². The van der Waals surface area contributed by atoms with E-state index in [4.69, 9.17) is 32.7 Å². The van der Waals surface area contributed by atoms with E-state index in [-0.39, 0.29) is 34.0 Å². The van der Waals surface area contributed by atoms with Gasteiger partial charge in [0.2, 0.25) is 11.8 Å². The number of nitrogens with zero attached hydrogens (tertiary/aromatic N) is 4. The van der Waals surface area contributed by atoms with Crippen LogP contribution in [0.4, 0.5) is 0 Å². The van der Waals surface area contributed by atoms with Gasteiger partial charge in [-0.3, -0.25) is 19.6 Å².